The van der Waals surface area contributed by atoms with E-state index in [2.05, 4.69) is 34.8 Å². The van der Waals surface area contributed by atoms with Crippen LogP contribution in [-0.4, -0.2) is 55.1 Å². The predicted molar refractivity (Wildman–Crippen MR) is 78.0 cm³/mol. The van der Waals surface area contributed by atoms with E-state index in [0.29, 0.717) is 0 Å². The summed E-state index contributed by atoms with van der Waals surface area (Å²) in [5, 5.41) is 5.36. The van der Waals surface area contributed by atoms with Gasteiger partial charge in [0.1, 0.15) is 0 Å². The van der Waals surface area contributed by atoms with Gasteiger partial charge in [0.15, 0.2) is 0 Å². The molecule has 20 heavy (non-hydrogen) atoms. The van der Waals surface area contributed by atoms with Crippen molar-refractivity contribution >= 4 is 5.91 Å². The van der Waals surface area contributed by atoms with Gasteiger partial charge in [-0.3, -0.25) is 10.2 Å². The zero-order valence-corrected chi connectivity index (χ0v) is 11.9. The van der Waals surface area contributed by atoms with Gasteiger partial charge in [0.2, 0.25) is 0 Å². The molecule has 0 saturated carbocycles. The monoisotopic (exact) mass is 274 g/mol. The van der Waals surface area contributed by atoms with E-state index >= 15 is 0 Å². The minimum Gasteiger partial charge on any atom is -0.304 e. The van der Waals surface area contributed by atoms with Crippen molar-refractivity contribution in [1.29, 1.82) is 0 Å². The van der Waals surface area contributed by atoms with Gasteiger partial charge >= 0.3 is 0 Å². The van der Waals surface area contributed by atoms with Gasteiger partial charge in [-0.1, -0.05) is 24.3 Å². The molecule has 108 valence electrons. The summed E-state index contributed by atoms with van der Waals surface area (Å²) in [6.45, 7) is 4.57. The van der Waals surface area contributed by atoms with Gasteiger partial charge in [-0.25, -0.2) is 5.01 Å². The van der Waals surface area contributed by atoms with Crippen LogP contribution in [0.4, 0.5) is 0 Å². The van der Waals surface area contributed by atoms with Crippen molar-refractivity contribution in [2.45, 2.75) is 19.0 Å². The Kier molecular flexibility index (Phi) is 4.00. The third-order valence-corrected chi connectivity index (χ3v) is 4.17. The molecule has 1 fully saturated rings. The van der Waals surface area contributed by atoms with E-state index in [0.717, 1.165) is 39.1 Å². The molecule has 2 N–H and O–H groups in total. The molecule has 2 aliphatic heterocycles. The van der Waals surface area contributed by atoms with Crippen LogP contribution < -0.4 is 10.7 Å². The van der Waals surface area contributed by atoms with E-state index in [1.807, 2.05) is 17.1 Å². The lowest BCUT2D eigenvalue weighted by Gasteiger charge is -2.34. The SMILES string of the molecule is CN1CCN(NC(=O)[C@@H]2Cc3ccccc3CN2)CC1. The second kappa shape index (κ2) is 5.91. The van der Waals surface area contributed by atoms with Gasteiger partial charge in [0.25, 0.3) is 5.91 Å². The first-order valence-corrected chi connectivity index (χ1v) is 7.26. The Labute approximate surface area is 119 Å². The molecular formula is C15H22N4O. The lowest BCUT2D eigenvalue weighted by atomic mass is 9.95. The number of carbonyl (C=O) groups excluding carboxylic acids is 1. The Hall–Kier alpha value is -1.43. The first-order valence-electron chi connectivity index (χ1n) is 7.26. The van der Waals surface area contributed by atoms with Crippen LogP contribution in [0.1, 0.15) is 11.1 Å². The largest absolute Gasteiger partial charge is 0.304 e. The summed E-state index contributed by atoms with van der Waals surface area (Å²) in [6, 6.07) is 8.21. The quantitative estimate of drug-likeness (QED) is 0.796. The predicted octanol–water partition coefficient (Wildman–Crippen LogP) is -0.0205. The van der Waals surface area contributed by atoms with Crippen LogP contribution in [0.25, 0.3) is 0 Å². The van der Waals surface area contributed by atoms with Crippen molar-refractivity contribution in [2.75, 3.05) is 33.2 Å². The Bertz CT molecular complexity index is 483. The number of fused-ring (bicyclic) bond motifs is 1. The van der Waals surface area contributed by atoms with Crippen LogP contribution in [0.3, 0.4) is 0 Å². The smallest absolute Gasteiger partial charge is 0.251 e. The number of nitrogens with one attached hydrogen (secondary N) is 2. The number of hydrogen-bond donors (Lipinski definition) is 2. The first kappa shape index (κ1) is 13.5. The minimum absolute atomic E-state index is 0.0871. The van der Waals surface area contributed by atoms with Crippen LogP contribution in [0.5, 0.6) is 0 Å². The number of piperazine rings is 1. The third kappa shape index (κ3) is 3.00. The average molecular weight is 274 g/mol. The molecule has 2 heterocycles. The van der Waals surface area contributed by atoms with E-state index in [1.165, 1.54) is 11.1 Å². The van der Waals surface area contributed by atoms with E-state index in [-0.39, 0.29) is 11.9 Å². The van der Waals surface area contributed by atoms with Gasteiger partial charge in [-0.2, -0.15) is 0 Å². The number of benzene rings is 1. The minimum atomic E-state index is -0.121. The topological polar surface area (TPSA) is 47.6 Å². The lowest BCUT2D eigenvalue weighted by molar-refractivity contribution is -0.129. The number of hydrazine groups is 1. The summed E-state index contributed by atoms with van der Waals surface area (Å²) in [5.74, 6) is 0.0871. The summed E-state index contributed by atoms with van der Waals surface area (Å²) in [5.41, 5.74) is 5.63. The van der Waals surface area contributed by atoms with Gasteiger partial charge in [-0.05, 0) is 24.6 Å². The summed E-state index contributed by atoms with van der Waals surface area (Å²) in [6.07, 6.45) is 0.774. The Balaban J connectivity index is 1.56. The number of amides is 1. The molecule has 2 aliphatic rings. The fourth-order valence-corrected chi connectivity index (χ4v) is 2.79. The highest BCUT2D eigenvalue weighted by Gasteiger charge is 2.25. The van der Waals surface area contributed by atoms with E-state index in [4.69, 9.17) is 0 Å². The maximum Gasteiger partial charge on any atom is 0.251 e. The summed E-state index contributed by atoms with van der Waals surface area (Å²) >= 11 is 0. The number of hydrogen-bond acceptors (Lipinski definition) is 4. The number of carbonyl (C=O) groups is 1. The van der Waals surface area contributed by atoms with E-state index in [9.17, 15) is 4.79 Å². The second-order valence-corrected chi connectivity index (χ2v) is 5.67. The maximum atomic E-state index is 12.3. The molecule has 1 atom stereocenters. The molecule has 1 amide bonds. The number of likely N-dealkylation sites (N-methyl/N-ethyl adjacent to an activating group) is 1. The maximum absolute atomic E-state index is 12.3. The van der Waals surface area contributed by atoms with Crippen LogP contribution in [0, 0.1) is 0 Å². The highest BCUT2D eigenvalue weighted by molar-refractivity contribution is 5.82. The van der Waals surface area contributed by atoms with Gasteiger partial charge < -0.3 is 10.2 Å². The van der Waals surface area contributed by atoms with Crippen LogP contribution in [0.2, 0.25) is 0 Å². The molecule has 0 spiro atoms. The standard InChI is InChI=1S/C15H22N4O/c1-18-6-8-19(9-7-18)17-15(20)14-10-12-4-2-3-5-13(12)11-16-14/h2-5,14,16H,6-11H2,1H3,(H,17,20)/t14-/m0/s1. The van der Waals surface area contributed by atoms with Gasteiger partial charge in [-0.15, -0.1) is 0 Å². The second-order valence-electron chi connectivity index (χ2n) is 5.67. The molecule has 5 nitrogen and oxygen atoms in total. The van der Waals surface area contributed by atoms with Crippen LogP contribution >= 0.6 is 0 Å². The molecule has 5 heteroatoms. The summed E-state index contributed by atoms with van der Waals surface area (Å²) in [4.78, 5) is 14.6. The number of rotatable bonds is 2. The van der Waals surface area contributed by atoms with Crippen molar-refractivity contribution in [3.05, 3.63) is 35.4 Å². The Morgan fingerprint density at radius 2 is 1.90 bits per heavy atom. The van der Waals surface area contributed by atoms with Crippen molar-refractivity contribution in [1.82, 2.24) is 20.7 Å². The normalized spacial score (nSPS) is 24.1. The Morgan fingerprint density at radius 1 is 1.20 bits per heavy atom. The van der Waals surface area contributed by atoms with Crippen molar-refractivity contribution < 1.29 is 4.79 Å². The van der Waals surface area contributed by atoms with Crippen molar-refractivity contribution in [2.24, 2.45) is 0 Å². The van der Waals surface area contributed by atoms with Crippen LogP contribution in [0.15, 0.2) is 24.3 Å². The van der Waals surface area contributed by atoms with E-state index in [1.54, 1.807) is 0 Å². The zero-order chi connectivity index (χ0) is 13.9. The molecular weight excluding hydrogens is 252 g/mol. The average Bonchev–Trinajstić information content (AvgIpc) is 2.49. The molecule has 1 saturated heterocycles. The van der Waals surface area contributed by atoms with Crippen molar-refractivity contribution in [3.8, 4) is 0 Å². The molecule has 3 rings (SSSR count). The zero-order valence-electron chi connectivity index (χ0n) is 11.9. The molecule has 0 bridgehead atoms. The van der Waals surface area contributed by atoms with E-state index < -0.39 is 0 Å². The molecule has 0 radical (unpaired) electrons. The summed E-state index contributed by atoms with van der Waals surface area (Å²) < 4.78 is 0. The summed E-state index contributed by atoms with van der Waals surface area (Å²) in [7, 11) is 2.11. The molecule has 0 aromatic heterocycles. The molecule has 0 aliphatic carbocycles. The first-order chi connectivity index (χ1) is 9.72. The Morgan fingerprint density at radius 3 is 2.65 bits per heavy atom. The molecule has 0 unspecified atom stereocenters. The lowest BCUT2D eigenvalue weighted by Crippen LogP contribution is -2.57. The van der Waals surface area contributed by atoms with Gasteiger partial charge in [0, 0.05) is 32.7 Å². The third-order valence-electron chi connectivity index (χ3n) is 4.17. The number of nitrogens with zero attached hydrogens (tertiary/aromatic N) is 2. The van der Waals surface area contributed by atoms with Crippen LogP contribution in [-0.2, 0) is 17.8 Å². The van der Waals surface area contributed by atoms with Crippen molar-refractivity contribution in [3.63, 3.8) is 0 Å². The fraction of sp³-hybridized carbons (Fsp3) is 0.533. The molecule has 1 aromatic rings. The molecule has 1 aromatic carbocycles. The van der Waals surface area contributed by atoms with Gasteiger partial charge in [0.05, 0.1) is 6.04 Å². The highest BCUT2D eigenvalue weighted by Crippen LogP contribution is 2.16. The fourth-order valence-electron chi connectivity index (χ4n) is 2.79. The highest BCUT2D eigenvalue weighted by atomic mass is 16.2.